The molecule has 0 radical (unpaired) electrons. The van der Waals surface area contributed by atoms with Gasteiger partial charge in [0.1, 0.15) is 0 Å². The average Bonchev–Trinajstić information content (AvgIpc) is 2.18. The van der Waals surface area contributed by atoms with Crippen molar-refractivity contribution in [3.8, 4) is 0 Å². The lowest BCUT2D eigenvalue weighted by molar-refractivity contribution is 0.0963. The molecule has 3 nitrogen and oxygen atoms in total. The second-order valence-corrected chi connectivity index (χ2v) is 6.41. The summed E-state index contributed by atoms with van der Waals surface area (Å²) in [6.45, 7) is 6.39. The molecular formula is C12H18N2OS. The van der Waals surface area contributed by atoms with Gasteiger partial charge in [0.05, 0.1) is 0 Å². The molecule has 1 rings (SSSR count). The first kappa shape index (κ1) is 12.9. The SMILES string of the molecule is CNC(=O)c1ccc(SC(C)(C)C)c(N)c1. The van der Waals surface area contributed by atoms with Gasteiger partial charge < -0.3 is 11.1 Å². The second-order valence-electron chi connectivity index (χ2n) is 4.55. The number of rotatable bonds is 2. The maximum absolute atomic E-state index is 11.4. The van der Waals surface area contributed by atoms with Crippen molar-refractivity contribution < 1.29 is 4.79 Å². The highest BCUT2D eigenvalue weighted by molar-refractivity contribution is 8.00. The topological polar surface area (TPSA) is 55.1 Å². The minimum Gasteiger partial charge on any atom is -0.398 e. The molecule has 88 valence electrons. The van der Waals surface area contributed by atoms with E-state index in [1.807, 2.05) is 6.07 Å². The van der Waals surface area contributed by atoms with E-state index in [1.54, 1.807) is 30.9 Å². The Morgan fingerprint density at radius 3 is 2.44 bits per heavy atom. The zero-order valence-electron chi connectivity index (χ0n) is 10.1. The minimum atomic E-state index is -0.112. The van der Waals surface area contributed by atoms with Crippen LogP contribution < -0.4 is 11.1 Å². The Morgan fingerprint density at radius 2 is 2.00 bits per heavy atom. The molecule has 0 atom stereocenters. The van der Waals surface area contributed by atoms with Crippen LogP contribution in [-0.2, 0) is 0 Å². The summed E-state index contributed by atoms with van der Waals surface area (Å²) in [7, 11) is 1.61. The monoisotopic (exact) mass is 238 g/mol. The Kier molecular flexibility index (Phi) is 3.86. The summed E-state index contributed by atoms with van der Waals surface area (Å²) >= 11 is 1.70. The molecule has 0 aliphatic carbocycles. The summed E-state index contributed by atoms with van der Waals surface area (Å²) in [5.74, 6) is -0.112. The van der Waals surface area contributed by atoms with Crippen molar-refractivity contribution in [2.75, 3.05) is 12.8 Å². The molecule has 1 aromatic rings. The summed E-state index contributed by atoms with van der Waals surface area (Å²) in [5.41, 5.74) is 7.17. The number of anilines is 1. The third kappa shape index (κ3) is 3.45. The molecule has 0 fully saturated rings. The summed E-state index contributed by atoms with van der Waals surface area (Å²) in [6, 6.07) is 5.41. The van der Waals surface area contributed by atoms with E-state index in [0.717, 1.165) is 4.90 Å². The van der Waals surface area contributed by atoms with Crippen molar-refractivity contribution in [3.05, 3.63) is 23.8 Å². The van der Waals surface area contributed by atoms with Gasteiger partial charge in [-0.25, -0.2) is 0 Å². The third-order valence-corrected chi connectivity index (χ3v) is 3.12. The Morgan fingerprint density at radius 1 is 1.38 bits per heavy atom. The van der Waals surface area contributed by atoms with Gasteiger partial charge in [-0.3, -0.25) is 4.79 Å². The fourth-order valence-corrected chi connectivity index (χ4v) is 2.23. The highest BCUT2D eigenvalue weighted by atomic mass is 32.2. The van der Waals surface area contributed by atoms with Crippen LogP contribution in [0.1, 0.15) is 31.1 Å². The smallest absolute Gasteiger partial charge is 0.251 e. The van der Waals surface area contributed by atoms with E-state index >= 15 is 0 Å². The van der Waals surface area contributed by atoms with Crippen LogP contribution in [0.2, 0.25) is 0 Å². The lowest BCUT2D eigenvalue weighted by Gasteiger charge is -2.19. The number of nitrogens with two attached hydrogens (primary N) is 1. The van der Waals surface area contributed by atoms with Gasteiger partial charge in [0.15, 0.2) is 0 Å². The van der Waals surface area contributed by atoms with Crippen LogP contribution in [0.3, 0.4) is 0 Å². The van der Waals surface area contributed by atoms with Crippen molar-refractivity contribution in [1.82, 2.24) is 5.32 Å². The van der Waals surface area contributed by atoms with E-state index in [4.69, 9.17) is 5.73 Å². The van der Waals surface area contributed by atoms with Gasteiger partial charge in [0.2, 0.25) is 0 Å². The standard InChI is InChI=1S/C12H18N2OS/c1-12(2,3)16-10-6-5-8(7-9(10)13)11(15)14-4/h5-7H,13H2,1-4H3,(H,14,15). The van der Waals surface area contributed by atoms with Gasteiger partial charge in [-0.1, -0.05) is 20.8 Å². The number of carbonyl (C=O) groups is 1. The molecule has 0 spiro atoms. The van der Waals surface area contributed by atoms with Crippen molar-refractivity contribution >= 4 is 23.4 Å². The van der Waals surface area contributed by atoms with Gasteiger partial charge in [0, 0.05) is 27.9 Å². The van der Waals surface area contributed by atoms with Gasteiger partial charge in [-0.2, -0.15) is 0 Å². The molecule has 0 saturated heterocycles. The van der Waals surface area contributed by atoms with E-state index in [-0.39, 0.29) is 10.7 Å². The van der Waals surface area contributed by atoms with Gasteiger partial charge in [0.25, 0.3) is 5.91 Å². The van der Waals surface area contributed by atoms with Crippen molar-refractivity contribution in [2.24, 2.45) is 0 Å². The van der Waals surface area contributed by atoms with Crippen molar-refractivity contribution in [1.29, 1.82) is 0 Å². The highest BCUT2D eigenvalue weighted by Gasteiger charge is 2.15. The molecule has 16 heavy (non-hydrogen) atoms. The van der Waals surface area contributed by atoms with Crippen LogP contribution in [-0.4, -0.2) is 17.7 Å². The Bertz CT molecular complexity index is 396. The van der Waals surface area contributed by atoms with Crippen LogP contribution in [0.4, 0.5) is 5.69 Å². The summed E-state index contributed by atoms with van der Waals surface area (Å²) in [5, 5.41) is 2.57. The molecular weight excluding hydrogens is 220 g/mol. The van der Waals surface area contributed by atoms with E-state index in [1.165, 1.54) is 0 Å². The molecule has 0 heterocycles. The number of amides is 1. The van der Waals surface area contributed by atoms with Crippen molar-refractivity contribution in [2.45, 2.75) is 30.4 Å². The largest absolute Gasteiger partial charge is 0.398 e. The number of nitrogens with one attached hydrogen (secondary N) is 1. The number of benzene rings is 1. The molecule has 4 heteroatoms. The van der Waals surface area contributed by atoms with E-state index in [9.17, 15) is 4.79 Å². The van der Waals surface area contributed by atoms with E-state index in [2.05, 4.69) is 26.1 Å². The number of hydrogen-bond donors (Lipinski definition) is 2. The maximum Gasteiger partial charge on any atom is 0.251 e. The van der Waals surface area contributed by atoms with Crippen LogP contribution in [0.25, 0.3) is 0 Å². The van der Waals surface area contributed by atoms with Crippen LogP contribution in [0, 0.1) is 0 Å². The Labute approximate surface area is 101 Å². The fraction of sp³-hybridized carbons (Fsp3) is 0.417. The minimum absolute atomic E-state index is 0.112. The van der Waals surface area contributed by atoms with E-state index < -0.39 is 0 Å². The number of thioether (sulfide) groups is 1. The molecule has 0 aliphatic heterocycles. The molecule has 3 N–H and O–H groups in total. The molecule has 0 saturated carbocycles. The zero-order valence-corrected chi connectivity index (χ0v) is 10.9. The lowest BCUT2D eigenvalue weighted by Crippen LogP contribution is -2.18. The first-order valence-electron chi connectivity index (χ1n) is 5.14. The summed E-state index contributed by atoms with van der Waals surface area (Å²) < 4.78 is 0.114. The van der Waals surface area contributed by atoms with Crippen LogP contribution in [0.15, 0.2) is 23.1 Å². The lowest BCUT2D eigenvalue weighted by atomic mass is 10.2. The van der Waals surface area contributed by atoms with Gasteiger partial charge >= 0.3 is 0 Å². The summed E-state index contributed by atoms with van der Waals surface area (Å²) in [6.07, 6.45) is 0. The summed E-state index contributed by atoms with van der Waals surface area (Å²) in [4.78, 5) is 12.4. The predicted molar refractivity (Wildman–Crippen MR) is 69.9 cm³/mol. The maximum atomic E-state index is 11.4. The first-order chi connectivity index (χ1) is 7.33. The molecule has 0 bridgehead atoms. The third-order valence-electron chi connectivity index (χ3n) is 1.92. The van der Waals surface area contributed by atoms with Crippen molar-refractivity contribution in [3.63, 3.8) is 0 Å². The predicted octanol–water partition coefficient (Wildman–Crippen LogP) is 2.52. The highest BCUT2D eigenvalue weighted by Crippen LogP contribution is 2.35. The molecule has 0 unspecified atom stereocenters. The number of carbonyl (C=O) groups excluding carboxylic acids is 1. The average molecular weight is 238 g/mol. The number of nitrogen functional groups attached to an aromatic ring is 1. The van der Waals surface area contributed by atoms with Crippen LogP contribution >= 0.6 is 11.8 Å². The molecule has 0 aromatic heterocycles. The van der Waals surface area contributed by atoms with Gasteiger partial charge in [-0.05, 0) is 18.2 Å². The van der Waals surface area contributed by atoms with Crippen LogP contribution in [0.5, 0.6) is 0 Å². The zero-order chi connectivity index (χ0) is 12.3. The Balaban J connectivity index is 2.96. The molecule has 1 aromatic carbocycles. The fourth-order valence-electron chi connectivity index (χ4n) is 1.26. The van der Waals surface area contributed by atoms with Gasteiger partial charge in [-0.15, -0.1) is 11.8 Å². The quantitative estimate of drug-likeness (QED) is 0.615. The first-order valence-corrected chi connectivity index (χ1v) is 5.96. The van der Waals surface area contributed by atoms with E-state index in [0.29, 0.717) is 11.3 Å². The number of hydrogen-bond acceptors (Lipinski definition) is 3. The Hall–Kier alpha value is -1.16. The normalized spacial score (nSPS) is 11.2. The second kappa shape index (κ2) is 4.78. The molecule has 1 amide bonds. The molecule has 0 aliphatic rings.